The van der Waals surface area contributed by atoms with Gasteiger partial charge < -0.3 is 20.4 Å². The Kier molecular flexibility index (Phi) is 16.3. The summed E-state index contributed by atoms with van der Waals surface area (Å²) in [6.07, 6.45) is 14.8. The lowest BCUT2D eigenvalue weighted by Crippen LogP contribution is -2.02. The lowest BCUT2D eigenvalue weighted by atomic mass is 10.1. The summed E-state index contributed by atoms with van der Waals surface area (Å²) in [5, 5.41) is 35.8. The van der Waals surface area contributed by atoms with E-state index < -0.39 is 6.29 Å². The topological polar surface area (TPSA) is 80.9 Å². The summed E-state index contributed by atoms with van der Waals surface area (Å²) < 4.78 is 0. The van der Waals surface area contributed by atoms with Gasteiger partial charge in [-0.2, -0.15) is 0 Å². The minimum absolute atomic E-state index is 0.299. The number of rotatable bonds is 16. The van der Waals surface area contributed by atoms with Crippen molar-refractivity contribution in [2.45, 2.75) is 96.2 Å². The predicted molar refractivity (Wildman–Crippen MR) is 90.7 cm³/mol. The molecule has 0 spiro atoms. The third-order valence-corrected chi connectivity index (χ3v) is 3.89. The van der Waals surface area contributed by atoms with E-state index in [1.807, 2.05) is 6.08 Å². The third kappa shape index (κ3) is 17.5. The normalized spacial score (nSPS) is 12.3. The van der Waals surface area contributed by atoms with Crippen LogP contribution in [0.5, 0.6) is 0 Å². The highest BCUT2D eigenvalue weighted by Crippen LogP contribution is 2.13. The van der Waals surface area contributed by atoms with Crippen LogP contribution in [0.25, 0.3) is 0 Å². The molecular formula is C18H36O4. The maximum atomic E-state index is 9.76. The Morgan fingerprint density at radius 3 is 1.91 bits per heavy atom. The number of hydrogen-bond donors (Lipinski definition) is 4. The zero-order valence-corrected chi connectivity index (χ0v) is 14.1. The van der Waals surface area contributed by atoms with Gasteiger partial charge in [-0.3, -0.25) is 0 Å². The second-order valence-corrected chi connectivity index (χ2v) is 6.12. The average molecular weight is 316 g/mol. The van der Waals surface area contributed by atoms with Gasteiger partial charge in [0.15, 0.2) is 6.29 Å². The Hall–Kier alpha value is -0.580. The third-order valence-electron chi connectivity index (χ3n) is 3.89. The van der Waals surface area contributed by atoms with Gasteiger partial charge in [-0.05, 0) is 44.6 Å². The lowest BCUT2D eigenvalue weighted by molar-refractivity contribution is -0.0466. The van der Waals surface area contributed by atoms with Gasteiger partial charge in [0.1, 0.15) is 0 Å². The van der Waals surface area contributed by atoms with Crippen LogP contribution in [-0.4, -0.2) is 33.3 Å². The molecule has 0 amide bonds. The standard InChI is InChI=1S/C18H36O4/c19-16-12-8-4-3-6-10-14-17(20)13-9-5-1-2-7-11-15-18(21)22/h13,18-22H,1-12,14-16H2. The predicted octanol–water partition coefficient (Wildman–Crippen LogP) is 4.19. The van der Waals surface area contributed by atoms with Gasteiger partial charge in [-0.25, -0.2) is 0 Å². The fourth-order valence-electron chi connectivity index (χ4n) is 2.50. The van der Waals surface area contributed by atoms with Gasteiger partial charge in [0.05, 0.1) is 5.76 Å². The molecule has 0 unspecified atom stereocenters. The van der Waals surface area contributed by atoms with E-state index in [0.29, 0.717) is 18.8 Å². The van der Waals surface area contributed by atoms with E-state index in [9.17, 15) is 5.11 Å². The van der Waals surface area contributed by atoms with Crippen molar-refractivity contribution >= 4 is 0 Å². The highest BCUT2D eigenvalue weighted by molar-refractivity contribution is 4.90. The molecule has 0 aliphatic carbocycles. The van der Waals surface area contributed by atoms with E-state index in [2.05, 4.69) is 0 Å². The molecule has 0 heterocycles. The van der Waals surface area contributed by atoms with Crippen molar-refractivity contribution < 1.29 is 20.4 Å². The van der Waals surface area contributed by atoms with Crippen molar-refractivity contribution in [2.24, 2.45) is 0 Å². The molecule has 4 N–H and O–H groups in total. The first-order chi connectivity index (χ1) is 10.7. The van der Waals surface area contributed by atoms with Crippen molar-refractivity contribution in [2.75, 3.05) is 6.61 Å². The minimum Gasteiger partial charge on any atom is -0.513 e. The summed E-state index contributed by atoms with van der Waals surface area (Å²) in [6, 6.07) is 0. The van der Waals surface area contributed by atoms with Crippen LogP contribution in [0.1, 0.15) is 89.9 Å². The summed E-state index contributed by atoms with van der Waals surface area (Å²) in [5.74, 6) is 0.527. The fourth-order valence-corrected chi connectivity index (χ4v) is 2.50. The Bertz CT molecular complexity index is 251. The molecule has 0 saturated heterocycles. The average Bonchev–Trinajstić information content (AvgIpc) is 2.48. The second-order valence-electron chi connectivity index (χ2n) is 6.12. The smallest absolute Gasteiger partial charge is 0.151 e. The number of aliphatic hydroxyl groups excluding tert-OH is 3. The lowest BCUT2D eigenvalue weighted by Gasteiger charge is -2.03. The summed E-state index contributed by atoms with van der Waals surface area (Å²) in [7, 11) is 0. The molecule has 4 heteroatoms. The molecule has 22 heavy (non-hydrogen) atoms. The molecule has 0 aromatic heterocycles. The van der Waals surface area contributed by atoms with Crippen LogP contribution in [-0.2, 0) is 0 Å². The zero-order valence-electron chi connectivity index (χ0n) is 14.1. The van der Waals surface area contributed by atoms with Crippen LogP contribution in [0.3, 0.4) is 0 Å². The van der Waals surface area contributed by atoms with Crippen LogP contribution in [0.15, 0.2) is 11.8 Å². The van der Waals surface area contributed by atoms with E-state index >= 15 is 0 Å². The summed E-state index contributed by atoms with van der Waals surface area (Å²) >= 11 is 0. The molecule has 0 fully saturated rings. The monoisotopic (exact) mass is 316 g/mol. The molecule has 0 radical (unpaired) electrons. The molecule has 0 aliphatic rings. The van der Waals surface area contributed by atoms with E-state index in [1.54, 1.807) is 0 Å². The van der Waals surface area contributed by atoms with E-state index in [1.165, 1.54) is 12.8 Å². The number of allylic oxidation sites excluding steroid dienone is 2. The molecule has 4 nitrogen and oxygen atoms in total. The van der Waals surface area contributed by atoms with Crippen LogP contribution < -0.4 is 0 Å². The number of aliphatic hydroxyl groups is 4. The van der Waals surface area contributed by atoms with Gasteiger partial charge in [0, 0.05) is 13.0 Å². The number of hydrogen-bond acceptors (Lipinski definition) is 4. The molecule has 0 aromatic carbocycles. The van der Waals surface area contributed by atoms with Gasteiger partial charge in [0.2, 0.25) is 0 Å². The molecule has 0 aromatic rings. The van der Waals surface area contributed by atoms with Crippen LogP contribution in [0.4, 0.5) is 0 Å². The van der Waals surface area contributed by atoms with Crippen LogP contribution >= 0.6 is 0 Å². The SMILES string of the molecule is OCCCCCCCCC(O)=CCCCCCCCC(O)O. The Morgan fingerprint density at radius 1 is 0.727 bits per heavy atom. The second kappa shape index (κ2) is 16.8. The number of unbranched alkanes of at least 4 members (excludes halogenated alkanes) is 10. The molecular weight excluding hydrogens is 280 g/mol. The first-order valence-corrected chi connectivity index (χ1v) is 9.01. The molecule has 0 atom stereocenters. The molecule has 0 rings (SSSR count). The maximum Gasteiger partial charge on any atom is 0.151 e. The van der Waals surface area contributed by atoms with Crippen molar-refractivity contribution in [3.63, 3.8) is 0 Å². The maximum absolute atomic E-state index is 9.76. The van der Waals surface area contributed by atoms with Crippen LogP contribution in [0.2, 0.25) is 0 Å². The molecule has 0 aliphatic heterocycles. The van der Waals surface area contributed by atoms with Gasteiger partial charge in [-0.1, -0.05) is 44.9 Å². The summed E-state index contributed by atoms with van der Waals surface area (Å²) in [4.78, 5) is 0. The molecule has 0 bridgehead atoms. The van der Waals surface area contributed by atoms with Crippen molar-refractivity contribution in [3.05, 3.63) is 11.8 Å². The fraction of sp³-hybridized carbons (Fsp3) is 0.889. The molecule has 132 valence electrons. The van der Waals surface area contributed by atoms with Gasteiger partial charge in [0.25, 0.3) is 0 Å². The van der Waals surface area contributed by atoms with Gasteiger partial charge >= 0.3 is 0 Å². The van der Waals surface area contributed by atoms with Crippen LogP contribution in [0, 0.1) is 0 Å². The quantitative estimate of drug-likeness (QED) is 0.195. The Morgan fingerprint density at radius 2 is 1.27 bits per heavy atom. The highest BCUT2D eigenvalue weighted by atomic mass is 16.5. The zero-order chi connectivity index (χ0) is 16.5. The summed E-state index contributed by atoms with van der Waals surface area (Å²) in [6.45, 7) is 0.299. The largest absolute Gasteiger partial charge is 0.513 e. The van der Waals surface area contributed by atoms with Crippen molar-refractivity contribution in [1.82, 2.24) is 0 Å². The Balaban J connectivity index is 3.27. The Labute approximate surface area is 135 Å². The molecule has 0 saturated carbocycles. The van der Waals surface area contributed by atoms with E-state index in [0.717, 1.165) is 70.6 Å². The van der Waals surface area contributed by atoms with Crippen molar-refractivity contribution in [1.29, 1.82) is 0 Å². The summed E-state index contributed by atoms with van der Waals surface area (Å²) in [5.41, 5.74) is 0. The highest BCUT2D eigenvalue weighted by Gasteiger charge is 1.98. The first kappa shape index (κ1) is 21.4. The first-order valence-electron chi connectivity index (χ1n) is 9.01. The van der Waals surface area contributed by atoms with Crippen molar-refractivity contribution in [3.8, 4) is 0 Å². The van der Waals surface area contributed by atoms with Gasteiger partial charge in [-0.15, -0.1) is 0 Å². The van der Waals surface area contributed by atoms with E-state index in [-0.39, 0.29) is 0 Å². The van der Waals surface area contributed by atoms with E-state index in [4.69, 9.17) is 15.3 Å². The minimum atomic E-state index is -1.16.